The fraction of sp³-hybridized carbons (Fsp3) is 0.921. The summed E-state index contributed by atoms with van der Waals surface area (Å²) in [4.78, 5) is 66.0. The summed E-state index contributed by atoms with van der Waals surface area (Å²) in [5, 5.41) is 234. The van der Waals surface area contributed by atoms with E-state index >= 15 is 0 Å². The van der Waals surface area contributed by atoms with Crippen LogP contribution in [-0.2, 0) is 80.8 Å². The van der Waals surface area contributed by atoms with Crippen LogP contribution in [0.15, 0.2) is 12.2 Å². The monoisotopic (exact) mass is 1880 g/mol. The van der Waals surface area contributed by atoms with Gasteiger partial charge in [-0.2, -0.15) is 0 Å². The van der Waals surface area contributed by atoms with Crippen LogP contribution in [-0.4, -0.2) is 386 Å². The SMILES string of the molecule is CCCCCCCCCCCCC/C=C/[C@@H](O)[C@H](CO[C@@H]1OC(CO)[C@@H](O[C@@H]2OC(CO)[C@H](O[C@@H]3OC(CO)[C@H](O)[C@H](O[C@@H]4OC(CO)[C@H](O[C@@H]5OC(CO)[C@H](O)[C@H](O)C5NC(C)=O)[C@H](O[C@]5(C(=O)O)CC(O)[C@@H](NC(=O)CO)C([C@H](O)[C@H](O)CO)O5)C4O)C3NC(C)=O)[C@H](O)C2O)[C@H](O)C1O)NC(=O)CCCCCCCCCCCCCCCCCCCCCCCCC. The number of aliphatic hydroxyl groups is 19. The number of aliphatic carboxylic acids is 1. The summed E-state index contributed by atoms with van der Waals surface area (Å²) in [6.45, 7) is -2.25. The zero-order valence-electron chi connectivity index (χ0n) is 76.3. The molecule has 6 fully saturated rings. The minimum atomic E-state index is -3.47. The van der Waals surface area contributed by atoms with E-state index in [0.717, 1.165) is 65.2 Å². The van der Waals surface area contributed by atoms with Gasteiger partial charge in [-0.1, -0.05) is 231 Å². The fourth-order valence-electron chi connectivity index (χ4n) is 17.6. The van der Waals surface area contributed by atoms with Gasteiger partial charge < -0.3 is 180 Å². The molecule has 6 rings (SSSR count). The van der Waals surface area contributed by atoms with Crippen LogP contribution in [0.4, 0.5) is 0 Å². The van der Waals surface area contributed by atoms with Crippen molar-refractivity contribution in [3.8, 4) is 0 Å². The molecule has 4 amide bonds. The lowest BCUT2D eigenvalue weighted by atomic mass is 9.88. The average Bonchev–Trinajstić information content (AvgIpc) is 0.745. The minimum absolute atomic E-state index is 0.154. The molecular weight excluding hydrogens is 1720 g/mol. The molecular formula is C89H160N4O37. The first-order valence-electron chi connectivity index (χ1n) is 47.8. The number of carbonyl (C=O) groups excluding carboxylic acids is 4. The third-order valence-electron chi connectivity index (χ3n) is 25.2. The highest BCUT2D eigenvalue weighted by Gasteiger charge is 2.63. The molecule has 6 aliphatic heterocycles. The average molecular weight is 1880 g/mol. The number of allylic oxidation sites excluding steroid dienone is 1. The molecule has 0 aromatic carbocycles. The zero-order chi connectivity index (χ0) is 95.4. The Morgan fingerprint density at radius 1 is 0.408 bits per heavy atom. The number of rotatable bonds is 65. The molecule has 0 radical (unpaired) electrons. The van der Waals surface area contributed by atoms with Crippen molar-refractivity contribution in [1.29, 1.82) is 0 Å². The summed E-state index contributed by atoms with van der Waals surface area (Å²) < 4.78 is 72.3. The molecule has 6 aliphatic rings. The van der Waals surface area contributed by atoms with Gasteiger partial charge in [-0.05, 0) is 19.3 Å². The Morgan fingerprint density at radius 2 is 0.800 bits per heavy atom. The van der Waals surface area contributed by atoms with Crippen LogP contribution in [0.1, 0.15) is 265 Å². The molecule has 0 spiro atoms. The molecule has 0 bridgehead atoms. The zero-order valence-corrected chi connectivity index (χ0v) is 76.3. The van der Waals surface area contributed by atoms with Gasteiger partial charge >= 0.3 is 5.97 Å². The third-order valence-corrected chi connectivity index (χ3v) is 25.2. The molecule has 12 unspecified atom stereocenters. The van der Waals surface area contributed by atoms with E-state index < -0.39 is 285 Å². The number of aliphatic hydroxyl groups excluding tert-OH is 19. The van der Waals surface area contributed by atoms with Crippen molar-refractivity contribution >= 4 is 29.6 Å². The Labute approximate surface area is 762 Å². The normalized spacial score (nSPS) is 34.1. The lowest BCUT2D eigenvalue weighted by Crippen LogP contribution is -2.72. The van der Waals surface area contributed by atoms with Crippen molar-refractivity contribution in [2.45, 2.75) is 467 Å². The van der Waals surface area contributed by atoms with E-state index in [1.807, 2.05) is 6.08 Å². The summed E-state index contributed by atoms with van der Waals surface area (Å²) >= 11 is 0. The molecule has 0 aliphatic carbocycles. The molecule has 130 heavy (non-hydrogen) atoms. The number of hydrogen-bond acceptors (Lipinski definition) is 36. The van der Waals surface area contributed by atoms with Gasteiger partial charge in [0.25, 0.3) is 5.79 Å². The number of nitrogens with one attached hydrogen (secondary N) is 4. The van der Waals surface area contributed by atoms with Crippen LogP contribution in [0.5, 0.6) is 0 Å². The van der Waals surface area contributed by atoms with Gasteiger partial charge in [0.2, 0.25) is 23.6 Å². The molecule has 0 aromatic heterocycles. The molecule has 24 N–H and O–H groups in total. The number of carbonyl (C=O) groups is 5. The Hall–Kier alpha value is -4.15. The van der Waals surface area contributed by atoms with Crippen LogP contribution in [0, 0.1) is 0 Å². The van der Waals surface area contributed by atoms with Gasteiger partial charge in [-0.25, -0.2) is 4.79 Å². The smallest absolute Gasteiger partial charge is 0.364 e. The van der Waals surface area contributed by atoms with Gasteiger partial charge in [-0.3, -0.25) is 19.2 Å². The summed E-state index contributed by atoms with van der Waals surface area (Å²) in [6.07, 6.45) is -15.1. The van der Waals surface area contributed by atoms with Crippen molar-refractivity contribution in [1.82, 2.24) is 21.3 Å². The Balaban J connectivity index is 1.13. The maximum atomic E-state index is 13.8. The number of amides is 4. The summed E-state index contributed by atoms with van der Waals surface area (Å²) in [5.41, 5.74) is 0. The first kappa shape index (κ1) is 115. The number of hydrogen-bond donors (Lipinski definition) is 24. The minimum Gasteiger partial charge on any atom is -0.477 e. The standard InChI is InChI=1S/C89H160N4O37/c1-5-7-9-11-13-15-17-19-20-21-22-23-24-25-26-27-28-30-32-34-36-38-40-42-63(106)92-54(55(103)41-39-37-35-33-31-29-18-16-14-12-10-8-6-2)51-119-85-74(114)72(112)78(60(47-97)122-85)126-86-75(115)73(113)77(61(48-98)123-86)125-84-67(91-53(4)102)80(70(110)59(46-96)121-84)128-87-76(116)82(79(62(49-99)124-87)127-83-66(90-52(3)101)71(111)69(109)58(45-95)120-83)130-89(88(117)118)43-56(104)65(93-64(107)50-100)81(129-89)68(108)57(105)44-94/h39,41,54-62,65-87,94-100,103-105,108-116H,5-38,40,42-51H2,1-4H3,(H,90,101)(H,91,102)(H,92,106)(H,93,107)(H,117,118)/b41-39+/t54-,55+,56?,57+,58?,59?,60?,61?,62?,65+,66?,67?,68+,69-,70-,71+,72+,73+,74?,75?,76?,77-,78+,79-,80+,81?,82+,83-,84-,85+,86-,87-,89-/m0/s1. The molecule has 758 valence electrons. The quantitative estimate of drug-likeness (QED) is 0.0257. The number of carboxylic acids is 1. The number of ether oxygens (including phenoxy) is 12. The molecule has 6 saturated heterocycles. The maximum Gasteiger partial charge on any atom is 0.364 e. The highest BCUT2D eigenvalue weighted by atomic mass is 16.8. The van der Waals surface area contributed by atoms with E-state index in [0.29, 0.717) is 12.8 Å². The second-order valence-electron chi connectivity index (χ2n) is 35.7. The van der Waals surface area contributed by atoms with Crippen LogP contribution in [0.3, 0.4) is 0 Å². The first-order valence-corrected chi connectivity index (χ1v) is 47.8. The van der Waals surface area contributed by atoms with E-state index in [-0.39, 0.29) is 12.3 Å². The van der Waals surface area contributed by atoms with Gasteiger partial charge in [-0.15, -0.1) is 0 Å². The summed E-state index contributed by atoms with van der Waals surface area (Å²) in [6, 6.07) is -6.89. The van der Waals surface area contributed by atoms with Gasteiger partial charge in [0, 0.05) is 26.7 Å². The predicted molar refractivity (Wildman–Crippen MR) is 461 cm³/mol. The van der Waals surface area contributed by atoms with Gasteiger partial charge in [0.05, 0.1) is 70.5 Å². The van der Waals surface area contributed by atoms with Crippen molar-refractivity contribution in [2.24, 2.45) is 0 Å². The van der Waals surface area contributed by atoms with E-state index in [2.05, 4.69) is 35.1 Å². The highest BCUT2D eigenvalue weighted by molar-refractivity contribution is 5.78. The van der Waals surface area contributed by atoms with Crippen molar-refractivity contribution in [2.75, 3.05) is 52.9 Å². The van der Waals surface area contributed by atoms with Gasteiger partial charge in [0.15, 0.2) is 31.5 Å². The molecule has 0 aromatic rings. The Kier molecular flexibility index (Phi) is 54.6. The van der Waals surface area contributed by atoms with Crippen molar-refractivity contribution < 1.29 is 183 Å². The van der Waals surface area contributed by atoms with Crippen LogP contribution in [0.2, 0.25) is 0 Å². The molecule has 6 heterocycles. The summed E-state index contributed by atoms with van der Waals surface area (Å²) in [7, 11) is 0. The largest absolute Gasteiger partial charge is 0.477 e. The maximum absolute atomic E-state index is 13.8. The van der Waals surface area contributed by atoms with E-state index in [1.54, 1.807) is 6.08 Å². The third kappa shape index (κ3) is 36.0. The van der Waals surface area contributed by atoms with Crippen molar-refractivity contribution in [3.63, 3.8) is 0 Å². The molecule has 33 atom stereocenters. The van der Waals surface area contributed by atoms with Crippen LogP contribution < -0.4 is 21.3 Å². The lowest BCUT2D eigenvalue weighted by Gasteiger charge is -2.53. The van der Waals surface area contributed by atoms with Crippen molar-refractivity contribution in [3.05, 3.63) is 12.2 Å². The Morgan fingerprint density at radius 3 is 1.25 bits per heavy atom. The molecule has 0 saturated carbocycles. The summed E-state index contributed by atoms with van der Waals surface area (Å²) in [5.74, 6) is -9.18. The van der Waals surface area contributed by atoms with Crippen LogP contribution in [0.25, 0.3) is 0 Å². The topological polar surface area (TPSA) is 649 Å². The fourth-order valence-corrected chi connectivity index (χ4v) is 17.6. The molecule has 41 nitrogen and oxygen atoms in total. The van der Waals surface area contributed by atoms with Gasteiger partial charge in [0.1, 0.15) is 147 Å². The Bertz CT molecular complexity index is 3130. The molecule has 41 heteroatoms. The highest BCUT2D eigenvalue weighted by Crippen LogP contribution is 2.42. The van der Waals surface area contributed by atoms with Crippen LogP contribution >= 0.6 is 0 Å². The number of carboxylic acid groups (broad SMARTS) is 1. The van der Waals surface area contributed by atoms with E-state index in [9.17, 15) is 126 Å². The first-order chi connectivity index (χ1) is 62.4. The lowest BCUT2D eigenvalue weighted by molar-refractivity contribution is -0.400. The predicted octanol–water partition coefficient (Wildman–Crippen LogP) is -0.981. The van der Waals surface area contributed by atoms with E-state index in [4.69, 9.17) is 56.8 Å². The number of unbranched alkanes of at least 4 members (excludes halogenated alkanes) is 33. The second kappa shape index (κ2) is 61.9. The second-order valence-corrected chi connectivity index (χ2v) is 35.7. The van der Waals surface area contributed by atoms with E-state index in [1.165, 1.54) is 161 Å².